The number of rotatable bonds is 1. The van der Waals surface area contributed by atoms with Crippen molar-refractivity contribution in [2.24, 2.45) is 0 Å². The molecular formula is C16H8O8. The maximum absolute atomic E-state index is 12.1. The molecule has 2 heterocycles. The Morgan fingerprint density at radius 1 is 0.750 bits per heavy atom. The molecule has 0 amide bonds. The molecule has 0 atom stereocenters. The van der Waals surface area contributed by atoms with Gasteiger partial charge in [-0.25, -0.2) is 29.0 Å². The number of ether oxygens (including phenoxy) is 1. The van der Waals surface area contributed by atoms with Crippen molar-refractivity contribution in [1.82, 2.24) is 0 Å². The number of carbonyl (C=O) groups is 4. The van der Waals surface area contributed by atoms with Crippen LogP contribution in [0.4, 0.5) is 0 Å². The Bertz CT molecular complexity index is 866. The summed E-state index contributed by atoms with van der Waals surface area (Å²) in [6, 6.07) is 8.37. The van der Waals surface area contributed by atoms with E-state index in [1.54, 1.807) is 0 Å². The van der Waals surface area contributed by atoms with Crippen molar-refractivity contribution in [3.63, 3.8) is 0 Å². The van der Waals surface area contributed by atoms with Gasteiger partial charge in [0.1, 0.15) is 11.3 Å². The van der Waals surface area contributed by atoms with Crippen LogP contribution in [0.15, 0.2) is 42.5 Å². The summed E-state index contributed by atoms with van der Waals surface area (Å²) < 4.78 is 5.06. The highest BCUT2D eigenvalue weighted by molar-refractivity contribution is 5.99. The van der Waals surface area contributed by atoms with Gasteiger partial charge in [-0.2, -0.15) is 0 Å². The highest BCUT2D eigenvalue weighted by atomic mass is 17.2. The second-order valence-electron chi connectivity index (χ2n) is 4.72. The quantitative estimate of drug-likeness (QED) is 0.479. The summed E-state index contributed by atoms with van der Waals surface area (Å²) >= 11 is 0. The molecule has 0 aliphatic carbocycles. The fourth-order valence-electron chi connectivity index (χ4n) is 1.98. The van der Waals surface area contributed by atoms with E-state index in [9.17, 15) is 19.2 Å². The average molecular weight is 328 g/mol. The maximum atomic E-state index is 12.1. The molecule has 0 spiro atoms. The lowest BCUT2D eigenvalue weighted by molar-refractivity contribution is -0.187. The van der Waals surface area contributed by atoms with E-state index in [0.717, 1.165) is 18.2 Å². The summed E-state index contributed by atoms with van der Waals surface area (Å²) in [4.78, 5) is 55.8. The van der Waals surface area contributed by atoms with E-state index in [0.29, 0.717) is 0 Å². The smallest absolute Gasteiger partial charge is 0.386 e. The summed E-state index contributed by atoms with van der Waals surface area (Å²) in [5, 5.41) is 9.15. The number of hydrogen-bond acceptors (Lipinski definition) is 7. The Hall–Kier alpha value is -3.68. The first-order chi connectivity index (χ1) is 11.5. The third kappa shape index (κ3) is 2.80. The van der Waals surface area contributed by atoms with E-state index in [1.165, 1.54) is 24.3 Å². The minimum absolute atomic E-state index is 0.0523. The van der Waals surface area contributed by atoms with Crippen LogP contribution < -0.4 is 4.74 Å². The standard InChI is InChI=1S/C16H8O8/c17-13(18)11-6-5-10-7-12(11)22-14(19)8-1-3-9(4-2-8)15(20)23-24-16(10)21/h1-7H,(H,17,18). The highest BCUT2D eigenvalue weighted by Gasteiger charge is 2.22. The molecule has 0 saturated heterocycles. The van der Waals surface area contributed by atoms with E-state index in [2.05, 4.69) is 9.78 Å². The number of fused-ring (bicyclic) bond motifs is 6. The lowest BCUT2D eigenvalue weighted by Gasteiger charge is -2.08. The van der Waals surface area contributed by atoms with Gasteiger partial charge in [0.2, 0.25) is 0 Å². The van der Waals surface area contributed by atoms with Crippen LogP contribution in [0.5, 0.6) is 5.75 Å². The zero-order valence-electron chi connectivity index (χ0n) is 11.8. The first-order valence-corrected chi connectivity index (χ1v) is 6.58. The number of aromatic carboxylic acids is 1. The monoisotopic (exact) mass is 328 g/mol. The molecule has 0 saturated carbocycles. The number of benzene rings is 2. The van der Waals surface area contributed by atoms with Crippen molar-refractivity contribution >= 4 is 23.9 Å². The molecule has 4 rings (SSSR count). The molecule has 8 nitrogen and oxygen atoms in total. The summed E-state index contributed by atoms with van der Waals surface area (Å²) in [6.07, 6.45) is 0. The molecule has 2 aliphatic heterocycles. The van der Waals surface area contributed by atoms with Crippen molar-refractivity contribution in [3.05, 3.63) is 64.7 Å². The minimum Gasteiger partial charge on any atom is -0.478 e. The van der Waals surface area contributed by atoms with E-state index in [1.807, 2.05) is 0 Å². The van der Waals surface area contributed by atoms with Crippen molar-refractivity contribution in [1.29, 1.82) is 0 Å². The lowest BCUT2D eigenvalue weighted by Crippen LogP contribution is -2.13. The van der Waals surface area contributed by atoms with Gasteiger partial charge in [-0.05, 0) is 42.5 Å². The minimum atomic E-state index is -1.34. The summed E-state index contributed by atoms with van der Waals surface area (Å²) in [5.74, 6) is -4.50. The van der Waals surface area contributed by atoms with Gasteiger partial charge < -0.3 is 9.84 Å². The third-order valence-corrected chi connectivity index (χ3v) is 3.20. The number of carboxylic acid groups (broad SMARTS) is 1. The van der Waals surface area contributed by atoms with E-state index >= 15 is 0 Å². The first kappa shape index (κ1) is 15.2. The van der Waals surface area contributed by atoms with Crippen molar-refractivity contribution < 1.29 is 38.8 Å². The maximum Gasteiger partial charge on any atom is 0.386 e. The van der Waals surface area contributed by atoms with Crippen LogP contribution >= 0.6 is 0 Å². The Morgan fingerprint density at radius 2 is 1.25 bits per heavy atom. The molecule has 4 bridgehead atoms. The topological polar surface area (TPSA) is 116 Å². The van der Waals surface area contributed by atoms with Crippen molar-refractivity contribution in [2.45, 2.75) is 0 Å². The van der Waals surface area contributed by atoms with Gasteiger partial charge in [0.25, 0.3) is 0 Å². The van der Waals surface area contributed by atoms with Crippen LogP contribution in [0.1, 0.15) is 41.4 Å². The highest BCUT2D eigenvalue weighted by Crippen LogP contribution is 2.23. The van der Waals surface area contributed by atoms with Gasteiger partial charge in [0.15, 0.2) is 0 Å². The van der Waals surface area contributed by atoms with Crippen molar-refractivity contribution in [3.8, 4) is 5.75 Å². The Labute approximate surface area is 134 Å². The molecule has 8 heteroatoms. The predicted octanol–water partition coefficient (Wildman–Crippen LogP) is 1.85. The Kier molecular flexibility index (Phi) is 3.70. The molecule has 24 heavy (non-hydrogen) atoms. The summed E-state index contributed by atoms with van der Waals surface area (Å²) in [6.45, 7) is 0. The second-order valence-corrected chi connectivity index (χ2v) is 4.72. The fourth-order valence-corrected chi connectivity index (χ4v) is 1.98. The zero-order chi connectivity index (χ0) is 17.3. The Morgan fingerprint density at radius 3 is 1.83 bits per heavy atom. The number of esters is 1. The van der Waals surface area contributed by atoms with Gasteiger partial charge in [-0.1, -0.05) is 0 Å². The molecule has 1 N–H and O–H groups in total. The third-order valence-electron chi connectivity index (χ3n) is 3.20. The van der Waals surface area contributed by atoms with Crippen LogP contribution in [0.25, 0.3) is 0 Å². The van der Waals surface area contributed by atoms with Gasteiger partial charge in [0, 0.05) is 0 Å². The van der Waals surface area contributed by atoms with Gasteiger partial charge in [0.05, 0.1) is 16.7 Å². The van der Waals surface area contributed by atoms with Gasteiger partial charge in [-0.3, -0.25) is 0 Å². The SMILES string of the molecule is O=C1OOC(=O)c2ccc(C(=O)O)c(c2)OC(=O)c2ccc1cc2. The van der Waals surface area contributed by atoms with Gasteiger partial charge >= 0.3 is 23.9 Å². The van der Waals surface area contributed by atoms with Crippen LogP contribution in [0, 0.1) is 0 Å². The van der Waals surface area contributed by atoms with Gasteiger partial charge in [-0.15, -0.1) is 0 Å². The lowest BCUT2D eigenvalue weighted by atomic mass is 10.1. The van der Waals surface area contributed by atoms with E-state index < -0.39 is 23.9 Å². The number of carboxylic acids is 1. The number of carbonyl (C=O) groups excluding carboxylic acids is 3. The summed E-state index contributed by atoms with van der Waals surface area (Å²) in [5.41, 5.74) is -0.335. The molecular weight excluding hydrogens is 320 g/mol. The second kappa shape index (κ2) is 5.84. The molecule has 2 aromatic carbocycles. The van der Waals surface area contributed by atoms with Crippen LogP contribution in [0.2, 0.25) is 0 Å². The Balaban J connectivity index is 2.11. The van der Waals surface area contributed by atoms with Crippen LogP contribution in [0.3, 0.4) is 0 Å². The van der Waals surface area contributed by atoms with E-state index in [4.69, 9.17) is 9.84 Å². The predicted molar refractivity (Wildman–Crippen MR) is 75.6 cm³/mol. The molecule has 0 fully saturated rings. The zero-order valence-corrected chi connectivity index (χ0v) is 11.8. The normalized spacial score (nSPS) is 13.8. The van der Waals surface area contributed by atoms with Crippen LogP contribution in [-0.2, 0) is 9.78 Å². The molecule has 120 valence electrons. The average Bonchev–Trinajstić information content (AvgIpc) is 2.59. The molecule has 2 aromatic rings. The molecule has 0 unspecified atom stereocenters. The molecule has 0 radical (unpaired) electrons. The first-order valence-electron chi connectivity index (χ1n) is 6.58. The molecule has 2 aliphatic rings. The van der Waals surface area contributed by atoms with Crippen molar-refractivity contribution in [2.75, 3.05) is 0 Å². The van der Waals surface area contributed by atoms with Crippen LogP contribution in [-0.4, -0.2) is 29.0 Å². The fraction of sp³-hybridized carbons (Fsp3) is 0. The van der Waals surface area contributed by atoms with E-state index in [-0.39, 0.29) is 28.0 Å². The summed E-state index contributed by atoms with van der Waals surface area (Å²) in [7, 11) is 0. The molecule has 0 aromatic heterocycles. The number of hydrogen-bond donors (Lipinski definition) is 1. The largest absolute Gasteiger partial charge is 0.478 e.